The lowest BCUT2D eigenvalue weighted by atomic mass is 10.2. The highest BCUT2D eigenvalue weighted by Crippen LogP contribution is 2.26. The number of halogens is 1. The number of nitrogens with zero attached hydrogens (tertiary/aromatic N) is 5. The van der Waals surface area contributed by atoms with Crippen molar-refractivity contribution in [2.75, 3.05) is 5.32 Å². The van der Waals surface area contributed by atoms with E-state index in [1.165, 1.54) is 40.5 Å². The number of nitrogens with one attached hydrogen (secondary N) is 1. The molecule has 0 fully saturated rings. The van der Waals surface area contributed by atoms with Crippen LogP contribution in [-0.4, -0.2) is 31.1 Å². The fraction of sp³-hybridized carbons (Fsp3) is 0.118. The van der Waals surface area contributed by atoms with Crippen LogP contribution in [0, 0.1) is 12.7 Å². The van der Waals surface area contributed by atoms with Gasteiger partial charge in [0.2, 0.25) is 5.91 Å². The van der Waals surface area contributed by atoms with Crippen molar-refractivity contribution < 1.29 is 13.6 Å². The molecule has 1 aromatic carbocycles. The zero-order valence-corrected chi connectivity index (χ0v) is 14.9. The number of hydrogen-bond acceptors (Lipinski definition) is 7. The maximum Gasteiger partial charge on any atom is 0.230 e. The van der Waals surface area contributed by atoms with Crippen molar-refractivity contribution >= 4 is 22.9 Å². The molecule has 136 valence electrons. The standard InChI is InChI=1S/C17H13FN6O2S/c1-10-2-5-15(26-10)17-20-11(8-27-17)6-16(25)21-14-7-12(3-4-13(14)18)24-9-19-22-23-24/h2-5,7-9H,6H2,1H3,(H,21,25). The number of aromatic nitrogens is 5. The first-order chi connectivity index (χ1) is 13.1. The monoisotopic (exact) mass is 384 g/mol. The number of amides is 1. The van der Waals surface area contributed by atoms with Crippen LogP contribution in [0.3, 0.4) is 0 Å². The summed E-state index contributed by atoms with van der Waals surface area (Å²) in [6.07, 6.45) is 1.40. The summed E-state index contributed by atoms with van der Waals surface area (Å²) in [5, 5.41) is 15.8. The summed E-state index contributed by atoms with van der Waals surface area (Å²) < 4.78 is 20.9. The molecule has 1 amide bonds. The number of benzene rings is 1. The van der Waals surface area contributed by atoms with Gasteiger partial charge in [-0.15, -0.1) is 16.4 Å². The third-order valence-corrected chi connectivity index (χ3v) is 4.59. The average molecular weight is 384 g/mol. The van der Waals surface area contributed by atoms with Gasteiger partial charge in [0.25, 0.3) is 0 Å². The van der Waals surface area contributed by atoms with Crippen molar-refractivity contribution in [3.63, 3.8) is 0 Å². The summed E-state index contributed by atoms with van der Waals surface area (Å²) in [5.74, 6) is 0.516. The molecular weight excluding hydrogens is 371 g/mol. The lowest BCUT2D eigenvalue weighted by Crippen LogP contribution is -2.16. The van der Waals surface area contributed by atoms with Crippen LogP contribution in [0.15, 0.2) is 46.5 Å². The van der Waals surface area contributed by atoms with E-state index in [4.69, 9.17) is 4.42 Å². The summed E-state index contributed by atoms with van der Waals surface area (Å²) in [4.78, 5) is 16.7. The zero-order valence-electron chi connectivity index (χ0n) is 14.1. The summed E-state index contributed by atoms with van der Waals surface area (Å²) in [7, 11) is 0. The molecule has 3 heterocycles. The Morgan fingerprint density at radius 2 is 2.22 bits per heavy atom. The molecule has 8 nitrogen and oxygen atoms in total. The zero-order chi connectivity index (χ0) is 18.8. The molecule has 10 heteroatoms. The highest BCUT2D eigenvalue weighted by atomic mass is 32.1. The quantitative estimate of drug-likeness (QED) is 0.568. The molecule has 4 aromatic rings. The molecular formula is C17H13FN6O2S. The van der Waals surface area contributed by atoms with Crippen LogP contribution in [0.4, 0.5) is 10.1 Å². The number of tetrazole rings is 1. The number of rotatable bonds is 5. The SMILES string of the molecule is Cc1ccc(-c2nc(CC(=O)Nc3cc(-n4cnnn4)ccc3F)cs2)o1. The molecule has 0 spiro atoms. The maximum atomic E-state index is 14.0. The van der Waals surface area contributed by atoms with Gasteiger partial charge in [-0.05, 0) is 47.7 Å². The van der Waals surface area contributed by atoms with E-state index in [9.17, 15) is 9.18 Å². The van der Waals surface area contributed by atoms with Crippen molar-refractivity contribution in [3.8, 4) is 16.5 Å². The Labute approximate surface area is 156 Å². The number of thiazole rings is 1. The molecule has 3 aromatic heterocycles. The fourth-order valence-corrected chi connectivity index (χ4v) is 3.22. The Kier molecular flexibility index (Phi) is 4.47. The van der Waals surface area contributed by atoms with Gasteiger partial charge in [-0.1, -0.05) is 0 Å². The number of anilines is 1. The summed E-state index contributed by atoms with van der Waals surface area (Å²) in [6, 6.07) is 7.90. The van der Waals surface area contributed by atoms with Crippen LogP contribution in [0.2, 0.25) is 0 Å². The normalized spacial score (nSPS) is 10.9. The number of hydrogen-bond donors (Lipinski definition) is 1. The largest absolute Gasteiger partial charge is 0.459 e. The maximum absolute atomic E-state index is 14.0. The van der Waals surface area contributed by atoms with Gasteiger partial charge in [0.05, 0.1) is 23.5 Å². The van der Waals surface area contributed by atoms with Gasteiger partial charge in [-0.2, -0.15) is 0 Å². The summed E-state index contributed by atoms with van der Waals surface area (Å²) in [5.41, 5.74) is 1.16. The summed E-state index contributed by atoms with van der Waals surface area (Å²) in [6.45, 7) is 1.85. The molecule has 4 rings (SSSR count). The molecule has 0 atom stereocenters. The summed E-state index contributed by atoms with van der Waals surface area (Å²) >= 11 is 1.38. The van der Waals surface area contributed by atoms with E-state index in [2.05, 4.69) is 25.8 Å². The fourth-order valence-electron chi connectivity index (χ4n) is 2.44. The second-order valence-corrected chi connectivity index (χ2v) is 6.56. The van der Waals surface area contributed by atoms with Crippen molar-refractivity contribution in [2.45, 2.75) is 13.3 Å². The van der Waals surface area contributed by atoms with Crippen LogP contribution in [0.25, 0.3) is 16.5 Å². The number of carbonyl (C=O) groups excluding carboxylic acids is 1. The van der Waals surface area contributed by atoms with Crippen LogP contribution >= 0.6 is 11.3 Å². The second-order valence-electron chi connectivity index (χ2n) is 5.70. The van der Waals surface area contributed by atoms with E-state index in [0.29, 0.717) is 22.1 Å². The highest BCUT2D eigenvalue weighted by molar-refractivity contribution is 7.13. The first-order valence-electron chi connectivity index (χ1n) is 7.92. The Morgan fingerprint density at radius 3 is 2.96 bits per heavy atom. The predicted molar refractivity (Wildman–Crippen MR) is 96.0 cm³/mol. The molecule has 0 saturated heterocycles. The van der Waals surface area contributed by atoms with Crippen LogP contribution < -0.4 is 5.32 Å². The van der Waals surface area contributed by atoms with Crippen molar-refractivity contribution in [1.82, 2.24) is 25.2 Å². The van der Waals surface area contributed by atoms with Gasteiger partial charge in [0.15, 0.2) is 10.8 Å². The minimum atomic E-state index is -0.551. The lowest BCUT2D eigenvalue weighted by Gasteiger charge is -2.07. The Balaban J connectivity index is 1.47. The molecule has 0 aliphatic rings. The average Bonchev–Trinajstić information content (AvgIpc) is 3.38. The van der Waals surface area contributed by atoms with Gasteiger partial charge in [-0.3, -0.25) is 4.79 Å². The second kappa shape index (κ2) is 7.08. The van der Waals surface area contributed by atoms with E-state index in [-0.39, 0.29) is 18.0 Å². The topological polar surface area (TPSA) is 98.7 Å². The van der Waals surface area contributed by atoms with Gasteiger partial charge >= 0.3 is 0 Å². The van der Waals surface area contributed by atoms with E-state index < -0.39 is 5.82 Å². The molecule has 0 aliphatic heterocycles. The van der Waals surface area contributed by atoms with Crippen LogP contribution in [-0.2, 0) is 11.2 Å². The highest BCUT2D eigenvalue weighted by Gasteiger charge is 2.13. The van der Waals surface area contributed by atoms with Gasteiger partial charge in [0, 0.05) is 5.38 Å². The molecule has 27 heavy (non-hydrogen) atoms. The van der Waals surface area contributed by atoms with Gasteiger partial charge in [0.1, 0.15) is 17.9 Å². The number of aryl methyl sites for hydroxylation is 1. The van der Waals surface area contributed by atoms with E-state index in [0.717, 1.165) is 5.76 Å². The Hall–Kier alpha value is -3.40. The van der Waals surface area contributed by atoms with Crippen molar-refractivity contribution in [2.24, 2.45) is 0 Å². The van der Waals surface area contributed by atoms with Crippen molar-refractivity contribution in [1.29, 1.82) is 0 Å². The first kappa shape index (κ1) is 17.0. The molecule has 0 unspecified atom stereocenters. The van der Waals surface area contributed by atoms with E-state index in [1.54, 1.807) is 5.38 Å². The minimum Gasteiger partial charge on any atom is -0.459 e. The van der Waals surface area contributed by atoms with Gasteiger partial charge < -0.3 is 9.73 Å². The smallest absolute Gasteiger partial charge is 0.230 e. The van der Waals surface area contributed by atoms with Crippen LogP contribution in [0.1, 0.15) is 11.5 Å². The molecule has 0 bridgehead atoms. The Morgan fingerprint density at radius 1 is 1.33 bits per heavy atom. The molecule has 0 aliphatic carbocycles. The Bertz CT molecular complexity index is 1090. The third kappa shape index (κ3) is 3.75. The van der Waals surface area contributed by atoms with Gasteiger partial charge in [-0.25, -0.2) is 14.1 Å². The molecule has 0 saturated carbocycles. The molecule has 1 N–H and O–H groups in total. The lowest BCUT2D eigenvalue weighted by molar-refractivity contribution is -0.115. The van der Waals surface area contributed by atoms with Crippen molar-refractivity contribution in [3.05, 3.63) is 59.3 Å². The van der Waals surface area contributed by atoms with E-state index in [1.807, 2.05) is 19.1 Å². The first-order valence-corrected chi connectivity index (χ1v) is 8.80. The number of furan rings is 1. The van der Waals surface area contributed by atoms with Crippen LogP contribution in [0.5, 0.6) is 0 Å². The number of carbonyl (C=O) groups is 1. The predicted octanol–water partition coefficient (Wildman–Crippen LogP) is 3.01. The van der Waals surface area contributed by atoms with E-state index >= 15 is 0 Å². The molecule has 0 radical (unpaired) electrons. The third-order valence-electron chi connectivity index (χ3n) is 3.68. The minimum absolute atomic E-state index is 0.0186.